The molecule has 0 aliphatic rings. The molecule has 0 bridgehead atoms. The zero-order valence-electron chi connectivity index (χ0n) is 7.77. The number of methoxy groups -OCH3 is 1. The molecule has 72 valence electrons. The summed E-state index contributed by atoms with van der Waals surface area (Å²) < 4.78 is 5.42. The average molecular weight is 208 g/mol. The summed E-state index contributed by atoms with van der Waals surface area (Å²) in [6.45, 7) is 1.95. The Morgan fingerprint density at radius 2 is 2.29 bits per heavy atom. The molecule has 2 aromatic heterocycles. The Hall–Kier alpha value is -1.49. The SMILES string of the molecule is COC(=O)c1ncnc2c(C)csc12. The number of aromatic nitrogens is 2. The van der Waals surface area contributed by atoms with Crippen LogP contribution in [0.2, 0.25) is 0 Å². The zero-order valence-corrected chi connectivity index (χ0v) is 8.59. The number of hydrogen-bond acceptors (Lipinski definition) is 5. The van der Waals surface area contributed by atoms with Crippen molar-refractivity contribution < 1.29 is 9.53 Å². The summed E-state index contributed by atoms with van der Waals surface area (Å²) in [7, 11) is 1.34. The van der Waals surface area contributed by atoms with Crippen molar-refractivity contribution in [2.24, 2.45) is 0 Å². The topological polar surface area (TPSA) is 52.1 Å². The van der Waals surface area contributed by atoms with Crippen LogP contribution in [-0.2, 0) is 4.74 Å². The maximum absolute atomic E-state index is 11.3. The van der Waals surface area contributed by atoms with Crippen LogP contribution >= 0.6 is 11.3 Å². The van der Waals surface area contributed by atoms with E-state index in [1.165, 1.54) is 24.8 Å². The van der Waals surface area contributed by atoms with E-state index in [-0.39, 0.29) is 0 Å². The van der Waals surface area contributed by atoms with Crippen LogP contribution in [0, 0.1) is 6.92 Å². The number of aryl methyl sites for hydroxylation is 1. The van der Waals surface area contributed by atoms with Crippen LogP contribution in [0.15, 0.2) is 11.7 Å². The third-order valence-electron chi connectivity index (χ3n) is 1.91. The molecule has 0 N–H and O–H groups in total. The smallest absolute Gasteiger partial charge is 0.358 e. The zero-order chi connectivity index (χ0) is 10.1. The van der Waals surface area contributed by atoms with Gasteiger partial charge < -0.3 is 4.74 Å². The summed E-state index contributed by atoms with van der Waals surface area (Å²) in [5, 5.41) is 1.95. The van der Waals surface area contributed by atoms with Gasteiger partial charge in [-0.05, 0) is 17.9 Å². The van der Waals surface area contributed by atoms with Crippen LogP contribution in [0.4, 0.5) is 0 Å². The fraction of sp³-hybridized carbons (Fsp3) is 0.222. The second-order valence-electron chi connectivity index (χ2n) is 2.81. The van der Waals surface area contributed by atoms with Crippen LogP contribution in [0.25, 0.3) is 10.2 Å². The van der Waals surface area contributed by atoms with Crippen LogP contribution in [0.1, 0.15) is 16.1 Å². The third kappa shape index (κ3) is 1.26. The lowest BCUT2D eigenvalue weighted by molar-refractivity contribution is 0.0596. The van der Waals surface area contributed by atoms with Gasteiger partial charge in [0.05, 0.1) is 17.3 Å². The standard InChI is InChI=1S/C9H8N2O2S/c1-5-3-14-8-6(5)10-4-11-7(8)9(12)13-2/h3-4H,1-2H3. The molecule has 4 nitrogen and oxygen atoms in total. The number of carbonyl (C=O) groups is 1. The van der Waals surface area contributed by atoms with E-state index in [9.17, 15) is 4.79 Å². The quantitative estimate of drug-likeness (QED) is 0.670. The monoisotopic (exact) mass is 208 g/mol. The molecule has 0 aliphatic heterocycles. The maximum atomic E-state index is 11.3. The van der Waals surface area contributed by atoms with E-state index < -0.39 is 5.97 Å². The van der Waals surface area contributed by atoms with Crippen molar-refractivity contribution in [3.63, 3.8) is 0 Å². The van der Waals surface area contributed by atoms with Gasteiger partial charge in [0, 0.05) is 0 Å². The number of fused-ring (bicyclic) bond motifs is 1. The summed E-state index contributed by atoms with van der Waals surface area (Å²) in [5.41, 5.74) is 2.22. The Morgan fingerprint density at radius 1 is 1.50 bits per heavy atom. The molecule has 0 saturated heterocycles. The molecule has 0 spiro atoms. The van der Waals surface area contributed by atoms with E-state index in [0.717, 1.165) is 15.8 Å². The molecule has 0 fully saturated rings. The predicted molar refractivity (Wildman–Crippen MR) is 53.5 cm³/mol. The average Bonchev–Trinajstić information content (AvgIpc) is 2.59. The Kier molecular flexibility index (Phi) is 2.17. The molecular weight excluding hydrogens is 200 g/mol. The lowest BCUT2D eigenvalue weighted by atomic mass is 10.3. The highest BCUT2D eigenvalue weighted by Gasteiger charge is 2.14. The number of thiophene rings is 1. The molecule has 0 saturated carbocycles. The van der Waals surface area contributed by atoms with Crippen LogP contribution < -0.4 is 0 Å². The Balaban J connectivity index is 2.71. The van der Waals surface area contributed by atoms with Gasteiger partial charge in [-0.25, -0.2) is 14.8 Å². The first-order chi connectivity index (χ1) is 6.74. The Morgan fingerprint density at radius 3 is 3.00 bits per heavy atom. The number of carbonyl (C=O) groups excluding carboxylic acids is 1. The summed E-state index contributed by atoms with van der Waals surface area (Å²) in [6, 6.07) is 0. The predicted octanol–water partition coefficient (Wildman–Crippen LogP) is 1.79. The number of ether oxygens (including phenoxy) is 1. The minimum Gasteiger partial charge on any atom is -0.464 e. The molecule has 5 heteroatoms. The lowest BCUT2D eigenvalue weighted by Crippen LogP contribution is -2.04. The van der Waals surface area contributed by atoms with Crippen molar-refractivity contribution in [2.45, 2.75) is 6.92 Å². The van der Waals surface area contributed by atoms with Gasteiger partial charge in [-0.2, -0.15) is 0 Å². The minimum atomic E-state index is -0.417. The van der Waals surface area contributed by atoms with Crippen molar-refractivity contribution >= 4 is 27.5 Å². The van der Waals surface area contributed by atoms with Gasteiger partial charge in [0.1, 0.15) is 6.33 Å². The highest BCUT2D eigenvalue weighted by molar-refractivity contribution is 7.17. The molecule has 0 atom stereocenters. The second kappa shape index (κ2) is 3.34. The van der Waals surface area contributed by atoms with Gasteiger partial charge in [0.2, 0.25) is 0 Å². The van der Waals surface area contributed by atoms with Gasteiger partial charge >= 0.3 is 5.97 Å². The van der Waals surface area contributed by atoms with Gasteiger partial charge in [0.15, 0.2) is 5.69 Å². The molecule has 14 heavy (non-hydrogen) atoms. The molecule has 0 amide bonds. The number of nitrogens with zero attached hydrogens (tertiary/aromatic N) is 2. The van der Waals surface area contributed by atoms with Crippen molar-refractivity contribution in [1.29, 1.82) is 0 Å². The first-order valence-electron chi connectivity index (χ1n) is 4.01. The van der Waals surface area contributed by atoms with Crippen molar-refractivity contribution in [3.8, 4) is 0 Å². The molecule has 0 aromatic carbocycles. The van der Waals surface area contributed by atoms with Gasteiger partial charge in [-0.3, -0.25) is 0 Å². The van der Waals surface area contributed by atoms with Crippen molar-refractivity contribution in [1.82, 2.24) is 9.97 Å². The van der Waals surface area contributed by atoms with Crippen LogP contribution in [-0.4, -0.2) is 23.0 Å². The van der Waals surface area contributed by atoms with E-state index in [0.29, 0.717) is 5.69 Å². The van der Waals surface area contributed by atoms with E-state index in [4.69, 9.17) is 0 Å². The minimum absolute atomic E-state index is 0.343. The maximum Gasteiger partial charge on any atom is 0.358 e. The number of hydrogen-bond donors (Lipinski definition) is 0. The van der Waals surface area contributed by atoms with E-state index >= 15 is 0 Å². The Bertz CT molecular complexity index is 493. The number of esters is 1. The van der Waals surface area contributed by atoms with E-state index in [1.54, 1.807) is 0 Å². The van der Waals surface area contributed by atoms with Crippen LogP contribution in [0.5, 0.6) is 0 Å². The number of rotatable bonds is 1. The van der Waals surface area contributed by atoms with Crippen LogP contribution in [0.3, 0.4) is 0 Å². The first-order valence-corrected chi connectivity index (χ1v) is 4.89. The first kappa shape index (κ1) is 9.08. The lowest BCUT2D eigenvalue weighted by Gasteiger charge is -1.98. The van der Waals surface area contributed by atoms with E-state index in [2.05, 4.69) is 14.7 Å². The summed E-state index contributed by atoms with van der Waals surface area (Å²) >= 11 is 1.46. The molecular formula is C9H8N2O2S. The molecule has 2 rings (SSSR count). The summed E-state index contributed by atoms with van der Waals surface area (Å²) in [6.07, 6.45) is 1.38. The summed E-state index contributed by atoms with van der Waals surface area (Å²) in [4.78, 5) is 19.4. The molecule has 0 radical (unpaired) electrons. The second-order valence-corrected chi connectivity index (χ2v) is 3.69. The highest BCUT2D eigenvalue weighted by Crippen LogP contribution is 2.25. The fourth-order valence-electron chi connectivity index (χ4n) is 1.21. The van der Waals surface area contributed by atoms with E-state index in [1.807, 2.05) is 12.3 Å². The third-order valence-corrected chi connectivity index (χ3v) is 3.00. The fourth-order valence-corrected chi connectivity index (χ4v) is 2.19. The molecule has 0 aliphatic carbocycles. The van der Waals surface area contributed by atoms with Gasteiger partial charge in [-0.1, -0.05) is 0 Å². The summed E-state index contributed by atoms with van der Waals surface area (Å²) in [5.74, 6) is -0.417. The normalized spacial score (nSPS) is 10.4. The largest absolute Gasteiger partial charge is 0.464 e. The highest BCUT2D eigenvalue weighted by atomic mass is 32.1. The van der Waals surface area contributed by atoms with Gasteiger partial charge in [-0.15, -0.1) is 11.3 Å². The molecule has 0 unspecified atom stereocenters. The van der Waals surface area contributed by atoms with Gasteiger partial charge in [0.25, 0.3) is 0 Å². The van der Waals surface area contributed by atoms with Crippen molar-refractivity contribution in [3.05, 3.63) is 23.0 Å². The van der Waals surface area contributed by atoms with Crippen molar-refractivity contribution in [2.75, 3.05) is 7.11 Å². The molecule has 2 aromatic rings. The molecule has 2 heterocycles. The Labute approximate surface area is 84.6 Å².